The molecule has 2 N–H and O–H groups in total. The zero-order valence-corrected chi connectivity index (χ0v) is 12.8. The van der Waals surface area contributed by atoms with Gasteiger partial charge in [0.1, 0.15) is 0 Å². The van der Waals surface area contributed by atoms with Gasteiger partial charge in [0.15, 0.2) is 0 Å². The lowest BCUT2D eigenvalue weighted by Gasteiger charge is -2.11. The van der Waals surface area contributed by atoms with E-state index in [9.17, 15) is 13.2 Å². The van der Waals surface area contributed by atoms with Crippen LogP contribution in [0.25, 0.3) is 0 Å². The molecule has 1 unspecified atom stereocenters. The summed E-state index contributed by atoms with van der Waals surface area (Å²) < 4.78 is 32.2. The van der Waals surface area contributed by atoms with Gasteiger partial charge in [-0.2, -0.15) is 0 Å². The Labute approximate surface area is 124 Å². The van der Waals surface area contributed by atoms with E-state index in [2.05, 4.69) is 10.0 Å². The lowest BCUT2D eigenvalue weighted by Crippen LogP contribution is -2.31. The van der Waals surface area contributed by atoms with Crippen molar-refractivity contribution < 1.29 is 17.9 Å². The number of ether oxygens (including phenoxy) is 1. The maximum absolute atomic E-state index is 12.1. The van der Waals surface area contributed by atoms with Gasteiger partial charge in [-0.25, -0.2) is 13.1 Å². The second kappa shape index (κ2) is 7.02. The molecule has 1 heterocycles. The SMILES string of the molecule is CCNC(=O)c1ccc(S(=O)(=O)NCC2CCCO2)cc1. The summed E-state index contributed by atoms with van der Waals surface area (Å²) >= 11 is 0. The molecule has 1 amide bonds. The summed E-state index contributed by atoms with van der Waals surface area (Å²) in [5.74, 6) is -0.214. The largest absolute Gasteiger partial charge is 0.377 e. The third-order valence-corrected chi connectivity index (χ3v) is 4.73. The average Bonchev–Trinajstić information content (AvgIpc) is 2.99. The van der Waals surface area contributed by atoms with Crippen LogP contribution >= 0.6 is 0 Å². The van der Waals surface area contributed by atoms with Crippen LogP contribution in [0.15, 0.2) is 29.2 Å². The van der Waals surface area contributed by atoms with E-state index in [1.54, 1.807) is 0 Å². The topological polar surface area (TPSA) is 84.5 Å². The lowest BCUT2D eigenvalue weighted by atomic mass is 10.2. The van der Waals surface area contributed by atoms with Crippen LogP contribution in [0.3, 0.4) is 0 Å². The molecule has 1 saturated heterocycles. The van der Waals surface area contributed by atoms with Crippen LogP contribution in [0.4, 0.5) is 0 Å². The smallest absolute Gasteiger partial charge is 0.251 e. The highest BCUT2D eigenvalue weighted by Gasteiger charge is 2.20. The molecule has 1 aliphatic heterocycles. The fraction of sp³-hybridized carbons (Fsp3) is 0.500. The minimum atomic E-state index is -3.56. The van der Waals surface area contributed by atoms with E-state index < -0.39 is 10.0 Å². The summed E-state index contributed by atoms with van der Waals surface area (Å²) in [5.41, 5.74) is 0.440. The quantitative estimate of drug-likeness (QED) is 0.817. The van der Waals surface area contributed by atoms with E-state index in [4.69, 9.17) is 4.74 Å². The number of nitrogens with one attached hydrogen (secondary N) is 2. The molecule has 1 atom stereocenters. The molecule has 116 valence electrons. The molecule has 0 aromatic heterocycles. The highest BCUT2D eigenvalue weighted by atomic mass is 32.2. The van der Waals surface area contributed by atoms with E-state index in [0.717, 1.165) is 12.8 Å². The highest BCUT2D eigenvalue weighted by Crippen LogP contribution is 2.14. The summed E-state index contributed by atoms with van der Waals surface area (Å²) in [6.07, 6.45) is 1.79. The van der Waals surface area contributed by atoms with E-state index >= 15 is 0 Å². The molecule has 21 heavy (non-hydrogen) atoms. The van der Waals surface area contributed by atoms with Crippen molar-refractivity contribution in [1.29, 1.82) is 0 Å². The fourth-order valence-corrected chi connectivity index (χ4v) is 3.21. The fourth-order valence-electron chi connectivity index (χ4n) is 2.14. The maximum atomic E-state index is 12.1. The summed E-state index contributed by atoms with van der Waals surface area (Å²) in [5, 5.41) is 2.66. The molecular weight excluding hydrogens is 292 g/mol. The van der Waals surface area contributed by atoms with Crippen molar-refractivity contribution in [3.63, 3.8) is 0 Å². The van der Waals surface area contributed by atoms with Crippen molar-refractivity contribution in [3.05, 3.63) is 29.8 Å². The zero-order chi connectivity index (χ0) is 15.3. The zero-order valence-electron chi connectivity index (χ0n) is 12.0. The van der Waals surface area contributed by atoms with Crippen molar-refractivity contribution in [2.75, 3.05) is 19.7 Å². The summed E-state index contributed by atoms with van der Waals surface area (Å²) in [4.78, 5) is 11.8. The average molecular weight is 312 g/mol. The Hall–Kier alpha value is -1.44. The number of carbonyl (C=O) groups excluding carboxylic acids is 1. The van der Waals surface area contributed by atoms with Crippen molar-refractivity contribution >= 4 is 15.9 Å². The van der Waals surface area contributed by atoms with Crippen LogP contribution in [-0.2, 0) is 14.8 Å². The van der Waals surface area contributed by atoms with E-state index in [1.165, 1.54) is 24.3 Å². The predicted octanol–water partition coefficient (Wildman–Crippen LogP) is 0.894. The van der Waals surface area contributed by atoms with Crippen LogP contribution in [0.2, 0.25) is 0 Å². The molecule has 1 aromatic rings. The first-order valence-corrected chi connectivity index (χ1v) is 8.51. The summed E-state index contributed by atoms with van der Waals surface area (Å²) in [7, 11) is -3.56. The van der Waals surface area contributed by atoms with Crippen molar-refractivity contribution in [2.24, 2.45) is 0 Å². The van der Waals surface area contributed by atoms with Gasteiger partial charge >= 0.3 is 0 Å². The Morgan fingerprint density at radius 1 is 1.33 bits per heavy atom. The van der Waals surface area contributed by atoms with E-state index in [0.29, 0.717) is 18.7 Å². The number of carbonyl (C=O) groups is 1. The Morgan fingerprint density at radius 3 is 2.62 bits per heavy atom. The van der Waals surface area contributed by atoms with Crippen molar-refractivity contribution in [1.82, 2.24) is 10.0 Å². The molecule has 0 aliphatic carbocycles. The van der Waals surface area contributed by atoms with E-state index in [1.807, 2.05) is 6.92 Å². The molecule has 0 bridgehead atoms. The van der Waals surface area contributed by atoms with Crippen LogP contribution in [0.5, 0.6) is 0 Å². The second-order valence-electron chi connectivity index (χ2n) is 4.87. The number of amides is 1. The van der Waals surface area contributed by atoms with Crippen LogP contribution in [0.1, 0.15) is 30.1 Å². The van der Waals surface area contributed by atoms with Gasteiger partial charge in [0.25, 0.3) is 5.91 Å². The van der Waals surface area contributed by atoms with Crippen LogP contribution in [-0.4, -0.2) is 40.1 Å². The lowest BCUT2D eigenvalue weighted by molar-refractivity contribution is 0.0955. The highest BCUT2D eigenvalue weighted by molar-refractivity contribution is 7.89. The molecule has 0 spiro atoms. The first-order chi connectivity index (χ1) is 10.0. The van der Waals surface area contributed by atoms with Gasteiger partial charge in [0.05, 0.1) is 11.0 Å². The third-order valence-electron chi connectivity index (χ3n) is 3.29. The molecule has 7 heteroatoms. The molecule has 1 aromatic carbocycles. The molecule has 0 saturated carbocycles. The van der Waals surface area contributed by atoms with Gasteiger partial charge in [0, 0.05) is 25.3 Å². The molecular formula is C14H20N2O4S. The predicted molar refractivity (Wildman–Crippen MR) is 78.6 cm³/mol. The second-order valence-corrected chi connectivity index (χ2v) is 6.64. The standard InChI is InChI=1S/C14H20N2O4S/c1-2-15-14(17)11-5-7-13(8-6-11)21(18,19)16-10-12-4-3-9-20-12/h5-8,12,16H,2-4,9-10H2,1H3,(H,15,17). The van der Waals surface area contributed by atoms with Gasteiger partial charge in [-0.1, -0.05) is 0 Å². The normalized spacial score (nSPS) is 18.6. The Bertz CT molecular complexity index is 577. The number of hydrogen-bond donors (Lipinski definition) is 2. The maximum Gasteiger partial charge on any atom is 0.251 e. The van der Waals surface area contributed by atoms with Crippen molar-refractivity contribution in [3.8, 4) is 0 Å². The van der Waals surface area contributed by atoms with Gasteiger partial charge in [-0.05, 0) is 44.0 Å². The monoisotopic (exact) mass is 312 g/mol. The first kappa shape index (κ1) is 15.9. The van der Waals surface area contributed by atoms with Gasteiger partial charge < -0.3 is 10.1 Å². The minimum absolute atomic E-state index is 0.0469. The van der Waals surface area contributed by atoms with Crippen LogP contribution in [0, 0.1) is 0 Å². The van der Waals surface area contributed by atoms with Crippen molar-refractivity contribution in [2.45, 2.75) is 30.8 Å². The molecule has 0 radical (unpaired) electrons. The number of sulfonamides is 1. The number of benzene rings is 1. The molecule has 1 aliphatic rings. The molecule has 1 fully saturated rings. The Kier molecular flexibility index (Phi) is 5.33. The van der Waals surface area contributed by atoms with Crippen LogP contribution < -0.4 is 10.0 Å². The van der Waals surface area contributed by atoms with E-state index in [-0.39, 0.29) is 23.5 Å². The Balaban J connectivity index is 2.00. The summed E-state index contributed by atoms with van der Waals surface area (Å²) in [6, 6.07) is 5.88. The Morgan fingerprint density at radius 2 is 2.05 bits per heavy atom. The molecule has 2 rings (SSSR count). The summed E-state index contributed by atoms with van der Waals surface area (Å²) in [6.45, 7) is 3.32. The number of hydrogen-bond acceptors (Lipinski definition) is 4. The van der Waals surface area contributed by atoms with Gasteiger partial charge in [-0.15, -0.1) is 0 Å². The van der Waals surface area contributed by atoms with Gasteiger partial charge in [0.2, 0.25) is 10.0 Å². The first-order valence-electron chi connectivity index (χ1n) is 7.02. The third kappa shape index (κ3) is 4.26. The number of rotatable bonds is 6. The van der Waals surface area contributed by atoms with Gasteiger partial charge in [-0.3, -0.25) is 4.79 Å². The minimum Gasteiger partial charge on any atom is -0.377 e. The molecule has 6 nitrogen and oxygen atoms in total.